The number of rotatable bonds is 7. The molecule has 2 aromatic carbocycles. The van der Waals surface area contributed by atoms with Crippen molar-refractivity contribution in [3.05, 3.63) is 64.6 Å². The first-order valence-electron chi connectivity index (χ1n) is 8.35. The average molecular weight is 387 g/mol. The molecule has 0 saturated heterocycles. The number of anilines is 2. The molecular formula is C20H19ClN2O2S. The van der Waals surface area contributed by atoms with E-state index in [9.17, 15) is 9.90 Å². The van der Waals surface area contributed by atoms with Crippen LogP contribution in [0.3, 0.4) is 0 Å². The summed E-state index contributed by atoms with van der Waals surface area (Å²) in [6.45, 7) is 2.01. The zero-order valence-electron chi connectivity index (χ0n) is 14.3. The highest BCUT2D eigenvalue weighted by Crippen LogP contribution is 2.35. The van der Waals surface area contributed by atoms with Gasteiger partial charge in [0.15, 0.2) is 0 Å². The van der Waals surface area contributed by atoms with E-state index in [1.807, 2.05) is 54.8 Å². The summed E-state index contributed by atoms with van der Waals surface area (Å²) in [4.78, 5) is 15.6. The molecule has 3 rings (SSSR count). The van der Waals surface area contributed by atoms with Gasteiger partial charge in [-0.25, -0.2) is 4.98 Å². The van der Waals surface area contributed by atoms with E-state index in [-0.39, 0.29) is 12.3 Å². The lowest BCUT2D eigenvalue weighted by atomic mass is 9.92. The first kappa shape index (κ1) is 18.4. The molecule has 2 N–H and O–H groups in total. The molecule has 0 radical (unpaired) electrons. The van der Waals surface area contributed by atoms with E-state index in [0.717, 1.165) is 33.9 Å². The van der Waals surface area contributed by atoms with Gasteiger partial charge in [-0.1, -0.05) is 24.6 Å². The quantitative estimate of drug-likeness (QED) is 0.509. The Hall–Kier alpha value is -2.37. The number of hydrogen-bond acceptors (Lipinski definition) is 4. The van der Waals surface area contributed by atoms with E-state index in [1.165, 1.54) is 0 Å². The van der Waals surface area contributed by atoms with Crippen molar-refractivity contribution in [2.24, 2.45) is 0 Å². The van der Waals surface area contributed by atoms with Crippen LogP contribution in [0.1, 0.15) is 31.2 Å². The van der Waals surface area contributed by atoms with Gasteiger partial charge < -0.3 is 10.4 Å². The molecule has 134 valence electrons. The fourth-order valence-electron chi connectivity index (χ4n) is 2.86. The molecule has 0 bridgehead atoms. The Morgan fingerprint density at radius 2 is 2.04 bits per heavy atom. The minimum absolute atomic E-state index is 0.0244. The second kappa shape index (κ2) is 8.34. The number of nitrogens with one attached hydrogen (secondary N) is 1. The molecule has 0 saturated carbocycles. The van der Waals surface area contributed by atoms with E-state index < -0.39 is 5.97 Å². The van der Waals surface area contributed by atoms with E-state index in [4.69, 9.17) is 11.6 Å². The van der Waals surface area contributed by atoms with Gasteiger partial charge in [0.1, 0.15) is 5.01 Å². The van der Waals surface area contributed by atoms with E-state index in [0.29, 0.717) is 5.02 Å². The van der Waals surface area contributed by atoms with Crippen molar-refractivity contribution in [2.75, 3.05) is 5.32 Å². The van der Waals surface area contributed by atoms with Crippen LogP contribution < -0.4 is 5.32 Å². The van der Waals surface area contributed by atoms with Crippen LogP contribution in [0.15, 0.2) is 54.0 Å². The summed E-state index contributed by atoms with van der Waals surface area (Å²) in [5.41, 5.74) is 3.81. The highest BCUT2D eigenvalue weighted by atomic mass is 35.5. The number of thiazole rings is 1. The van der Waals surface area contributed by atoms with Gasteiger partial charge in [-0.3, -0.25) is 4.79 Å². The number of aliphatic carboxylic acids is 1. The summed E-state index contributed by atoms with van der Waals surface area (Å²) in [5, 5.41) is 16.1. The monoisotopic (exact) mass is 386 g/mol. The predicted molar refractivity (Wildman–Crippen MR) is 108 cm³/mol. The lowest BCUT2D eigenvalue weighted by Crippen LogP contribution is -2.06. The number of benzene rings is 2. The number of carboxylic acid groups (broad SMARTS) is 1. The zero-order chi connectivity index (χ0) is 18.5. The molecule has 4 nitrogen and oxygen atoms in total. The number of carboxylic acids is 1. The van der Waals surface area contributed by atoms with Crippen LogP contribution in [-0.4, -0.2) is 16.1 Å². The van der Waals surface area contributed by atoms with E-state index in [1.54, 1.807) is 17.5 Å². The molecule has 0 amide bonds. The van der Waals surface area contributed by atoms with Gasteiger partial charge >= 0.3 is 5.97 Å². The Morgan fingerprint density at radius 3 is 2.65 bits per heavy atom. The molecule has 3 aromatic rings. The number of hydrogen-bond donors (Lipinski definition) is 2. The van der Waals surface area contributed by atoms with Crippen LogP contribution in [-0.2, 0) is 4.79 Å². The second-order valence-electron chi connectivity index (χ2n) is 5.98. The lowest BCUT2D eigenvalue weighted by Gasteiger charge is -2.17. The maximum atomic E-state index is 11.2. The molecule has 1 aromatic heterocycles. The summed E-state index contributed by atoms with van der Waals surface area (Å²) in [6.07, 6.45) is 2.66. The third kappa shape index (κ3) is 4.42. The minimum atomic E-state index is -0.784. The van der Waals surface area contributed by atoms with Crippen LogP contribution in [0.25, 0.3) is 10.6 Å². The van der Waals surface area contributed by atoms with Crippen LogP contribution in [0.2, 0.25) is 5.02 Å². The Kier molecular flexibility index (Phi) is 5.91. The van der Waals surface area contributed by atoms with E-state index >= 15 is 0 Å². The molecule has 6 heteroatoms. The highest BCUT2D eigenvalue weighted by molar-refractivity contribution is 7.13. The van der Waals surface area contributed by atoms with E-state index in [2.05, 4.69) is 10.3 Å². The van der Waals surface area contributed by atoms with Crippen LogP contribution >= 0.6 is 22.9 Å². The number of nitrogens with zero attached hydrogens (tertiary/aromatic N) is 1. The summed E-state index contributed by atoms with van der Waals surface area (Å²) < 4.78 is 0. The van der Waals surface area contributed by atoms with Gasteiger partial charge in [0.2, 0.25) is 0 Å². The molecule has 0 fully saturated rings. The normalized spacial score (nSPS) is 11.9. The first-order chi connectivity index (χ1) is 12.6. The van der Waals surface area contributed by atoms with Crippen molar-refractivity contribution >= 4 is 40.3 Å². The Balaban J connectivity index is 2.00. The molecular weight excluding hydrogens is 368 g/mol. The van der Waals surface area contributed by atoms with Gasteiger partial charge in [-0.15, -0.1) is 11.3 Å². The SMILES string of the molecule is CCC(CC(=O)O)c1ccc(-c2nccs2)c(Nc2ccc(Cl)cc2)c1. The molecule has 0 aliphatic rings. The molecule has 0 spiro atoms. The van der Waals surface area contributed by atoms with Crippen molar-refractivity contribution in [1.29, 1.82) is 0 Å². The fraction of sp³-hybridized carbons (Fsp3) is 0.200. The van der Waals surface area contributed by atoms with Crippen LogP contribution in [0, 0.1) is 0 Å². The van der Waals surface area contributed by atoms with Gasteiger partial charge in [-0.05, 0) is 54.3 Å². The summed E-state index contributed by atoms with van der Waals surface area (Å²) in [6, 6.07) is 13.5. The molecule has 26 heavy (non-hydrogen) atoms. The lowest BCUT2D eigenvalue weighted by molar-refractivity contribution is -0.137. The van der Waals surface area contributed by atoms with Crippen molar-refractivity contribution in [1.82, 2.24) is 4.98 Å². The van der Waals surface area contributed by atoms with Crippen molar-refractivity contribution in [3.63, 3.8) is 0 Å². The second-order valence-corrected chi connectivity index (χ2v) is 7.31. The Morgan fingerprint density at radius 1 is 1.27 bits per heavy atom. The van der Waals surface area contributed by atoms with Gasteiger partial charge in [0.05, 0.1) is 6.42 Å². The van der Waals surface area contributed by atoms with Gasteiger partial charge in [0, 0.05) is 33.5 Å². The Bertz CT molecular complexity index is 879. The van der Waals surface area contributed by atoms with Gasteiger partial charge in [0.25, 0.3) is 0 Å². The highest BCUT2D eigenvalue weighted by Gasteiger charge is 2.17. The molecule has 0 aliphatic heterocycles. The number of aromatic nitrogens is 1. The van der Waals surface area contributed by atoms with Crippen LogP contribution in [0.5, 0.6) is 0 Å². The molecule has 1 unspecified atom stereocenters. The molecule has 0 aliphatic carbocycles. The van der Waals surface area contributed by atoms with Crippen molar-refractivity contribution in [3.8, 4) is 10.6 Å². The summed E-state index contributed by atoms with van der Waals surface area (Å²) >= 11 is 7.54. The third-order valence-electron chi connectivity index (χ3n) is 4.21. The summed E-state index contributed by atoms with van der Waals surface area (Å²) in [7, 11) is 0. The topological polar surface area (TPSA) is 62.2 Å². The number of halogens is 1. The average Bonchev–Trinajstić information content (AvgIpc) is 3.16. The minimum Gasteiger partial charge on any atom is -0.481 e. The Labute approximate surface area is 161 Å². The smallest absolute Gasteiger partial charge is 0.303 e. The van der Waals surface area contributed by atoms with Gasteiger partial charge in [-0.2, -0.15) is 0 Å². The fourth-order valence-corrected chi connectivity index (χ4v) is 3.66. The third-order valence-corrected chi connectivity index (χ3v) is 5.27. The number of carbonyl (C=O) groups is 1. The maximum absolute atomic E-state index is 11.2. The largest absolute Gasteiger partial charge is 0.481 e. The molecule has 1 atom stereocenters. The van der Waals surface area contributed by atoms with Crippen molar-refractivity contribution < 1.29 is 9.90 Å². The zero-order valence-corrected chi connectivity index (χ0v) is 15.8. The van der Waals surface area contributed by atoms with Crippen molar-refractivity contribution in [2.45, 2.75) is 25.7 Å². The predicted octanol–water partition coefficient (Wildman–Crippen LogP) is 6.18. The van der Waals surface area contributed by atoms with Crippen LogP contribution in [0.4, 0.5) is 11.4 Å². The molecule has 1 heterocycles. The first-order valence-corrected chi connectivity index (χ1v) is 9.60. The standard InChI is InChI=1S/C20H19ClN2O2S/c1-2-13(12-19(24)25)14-3-8-17(20-22-9-10-26-20)18(11-14)23-16-6-4-15(21)5-7-16/h3-11,13,23H,2,12H2,1H3,(H,24,25). The maximum Gasteiger partial charge on any atom is 0.303 e. The summed E-state index contributed by atoms with van der Waals surface area (Å²) in [5.74, 6) is -0.809.